The highest BCUT2D eigenvalue weighted by Gasteiger charge is 2.58. The van der Waals surface area contributed by atoms with Crippen LogP contribution in [0.3, 0.4) is 0 Å². The first-order chi connectivity index (χ1) is 5.09. The van der Waals surface area contributed by atoms with E-state index >= 15 is 0 Å². The van der Waals surface area contributed by atoms with E-state index in [-0.39, 0.29) is 6.42 Å². The lowest BCUT2D eigenvalue weighted by atomic mass is 10.3. The van der Waals surface area contributed by atoms with E-state index in [4.69, 9.17) is 5.73 Å². The van der Waals surface area contributed by atoms with Crippen LogP contribution in [0.15, 0.2) is 5.38 Å². The summed E-state index contributed by atoms with van der Waals surface area (Å²) in [6.07, 6.45) is -0.0732. The summed E-state index contributed by atoms with van der Waals surface area (Å²) in [7, 11) is 0. The molecule has 1 aromatic heterocycles. The van der Waals surface area contributed by atoms with Crippen LogP contribution in [0.1, 0.15) is 18.0 Å². The third kappa shape index (κ3) is 1.09. The summed E-state index contributed by atoms with van der Waals surface area (Å²) in [5.74, 6) is -3.20. The van der Waals surface area contributed by atoms with E-state index < -0.39 is 11.8 Å². The summed E-state index contributed by atoms with van der Waals surface area (Å²) in [5, 5.41) is 1.96. The molecule has 0 saturated heterocycles. The van der Waals surface area contributed by atoms with Gasteiger partial charge >= 0.3 is 0 Å². The monoisotopic (exact) mass is 176 g/mol. The summed E-state index contributed by atoms with van der Waals surface area (Å²) < 4.78 is 24.8. The van der Waals surface area contributed by atoms with E-state index in [1.165, 1.54) is 11.3 Å². The van der Waals surface area contributed by atoms with Crippen molar-refractivity contribution >= 4 is 16.5 Å². The molecular weight excluding hydrogens is 170 g/mol. The lowest BCUT2D eigenvalue weighted by Crippen LogP contribution is -1.93. The van der Waals surface area contributed by atoms with Crippen molar-refractivity contribution in [3.63, 3.8) is 0 Å². The number of alkyl halides is 2. The van der Waals surface area contributed by atoms with Gasteiger partial charge in [0.1, 0.15) is 0 Å². The minimum atomic E-state index is -2.53. The number of anilines is 1. The van der Waals surface area contributed by atoms with Gasteiger partial charge in [-0.05, 0) is 0 Å². The topological polar surface area (TPSA) is 38.9 Å². The zero-order valence-corrected chi connectivity index (χ0v) is 6.37. The van der Waals surface area contributed by atoms with Crippen LogP contribution in [0.25, 0.3) is 0 Å². The van der Waals surface area contributed by atoms with Crippen molar-refractivity contribution in [2.45, 2.75) is 18.3 Å². The van der Waals surface area contributed by atoms with Crippen molar-refractivity contribution < 1.29 is 8.78 Å². The van der Waals surface area contributed by atoms with E-state index in [9.17, 15) is 8.78 Å². The minimum Gasteiger partial charge on any atom is -0.375 e. The molecule has 1 heterocycles. The molecule has 0 amide bonds. The molecule has 2 nitrogen and oxygen atoms in total. The fourth-order valence-electron chi connectivity index (χ4n) is 0.995. The van der Waals surface area contributed by atoms with E-state index in [0.29, 0.717) is 10.8 Å². The van der Waals surface area contributed by atoms with Crippen LogP contribution < -0.4 is 5.73 Å². The summed E-state index contributed by atoms with van der Waals surface area (Å²) in [5.41, 5.74) is 5.74. The van der Waals surface area contributed by atoms with Crippen LogP contribution in [-0.4, -0.2) is 10.9 Å². The van der Waals surface area contributed by atoms with Crippen molar-refractivity contribution in [2.24, 2.45) is 0 Å². The Bertz CT molecular complexity index is 284. The minimum absolute atomic E-state index is 0.0732. The Morgan fingerprint density at radius 3 is 2.73 bits per heavy atom. The summed E-state index contributed by atoms with van der Waals surface area (Å²) in [6, 6.07) is 0. The molecule has 2 rings (SSSR count). The summed E-state index contributed by atoms with van der Waals surface area (Å²) >= 11 is 1.21. The van der Waals surface area contributed by atoms with Gasteiger partial charge < -0.3 is 5.73 Å². The lowest BCUT2D eigenvalue weighted by molar-refractivity contribution is 0.111. The maximum atomic E-state index is 12.4. The number of nitrogens with zero attached hydrogens (tertiary/aromatic N) is 1. The van der Waals surface area contributed by atoms with Crippen LogP contribution in [0.5, 0.6) is 0 Å². The Labute approximate surface area is 66.1 Å². The predicted molar refractivity (Wildman–Crippen MR) is 38.8 cm³/mol. The average molecular weight is 176 g/mol. The van der Waals surface area contributed by atoms with E-state index in [2.05, 4.69) is 4.98 Å². The van der Waals surface area contributed by atoms with Gasteiger partial charge in [-0.25, -0.2) is 13.8 Å². The van der Waals surface area contributed by atoms with Crippen molar-refractivity contribution in [3.05, 3.63) is 11.1 Å². The molecule has 11 heavy (non-hydrogen) atoms. The van der Waals surface area contributed by atoms with Crippen molar-refractivity contribution in [1.82, 2.24) is 4.98 Å². The van der Waals surface area contributed by atoms with Crippen LogP contribution >= 0.6 is 11.3 Å². The molecule has 5 heteroatoms. The lowest BCUT2D eigenvalue weighted by Gasteiger charge is -1.90. The third-order valence-electron chi connectivity index (χ3n) is 1.72. The van der Waals surface area contributed by atoms with Gasteiger partial charge in [0, 0.05) is 11.8 Å². The van der Waals surface area contributed by atoms with Crippen molar-refractivity contribution in [1.29, 1.82) is 0 Å². The van der Waals surface area contributed by atoms with Crippen molar-refractivity contribution in [3.8, 4) is 0 Å². The smallest absolute Gasteiger partial charge is 0.257 e. The Kier molecular flexibility index (Phi) is 1.21. The molecule has 0 spiro atoms. The number of hydrogen-bond donors (Lipinski definition) is 1. The predicted octanol–water partition coefficient (Wildman–Crippen LogP) is 1.85. The Morgan fingerprint density at radius 2 is 2.36 bits per heavy atom. The molecule has 1 aliphatic rings. The number of thiazole rings is 1. The number of nitrogen functional groups attached to an aromatic ring is 1. The standard InChI is InChI=1S/C6H6F2N2S/c7-6(8)1-3(6)4-2-11-5(9)10-4/h2-3H,1H2,(H2,9,10). The molecule has 1 atom stereocenters. The molecule has 60 valence electrons. The molecule has 1 saturated carbocycles. The molecule has 0 aliphatic heterocycles. The largest absolute Gasteiger partial charge is 0.375 e. The van der Waals surface area contributed by atoms with Crippen LogP contribution in [-0.2, 0) is 0 Å². The van der Waals surface area contributed by atoms with Gasteiger partial charge in [-0.15, -0.1) is 11.3 Å². The molecule has 0 bridgehead atoms. The fraction of sp³-hybridized carbons (Fsp3) is 0.500. The quantitative estimate of drug-likeness (QED) is 0.709. The first-order valence-electron chi connectivity index (χ1n) is 3.18. The zero-order chi connectivity index (χ0) is 8.06. The van der Waals surface area contributed by atoms with Crippen LogP contribution in [0.2, 0.25) is 0 Å². The number of rotatable bonds is 1. The maximum Gasteiger partial charge on any atom is 0.257 e. The number of halogens is 2. The molecule has 0 aromatic carbocycles. The van der Waals surface area contributed by atoms with Gasteiger partial charge in [0.05, 0.1) is 11.6 Å². The van der Waals surface area contributed by atoms with E-state index in [0.717, 1.165) is 0 Å². The highest BCUT2D eigenvalue weighted by Crippen LogP contribution is 2.55. The van der Waals surface area contributed by atoms with E-state index in [1.54, 1.807) is 5.38 Å². The van der Waals surface area contributed by atoms with Gasteiger partial charge in [0.15, 0.2) is 5.13 Å². The molecular formula is C6H6F2N2S. The highest BCUT2D eigenvalue weighted by atomic mass is 32.1. The second-order valence-corrected chi connectivity index (χ2v) is 3.52. The second kappa shape index (κ2) is 1.91. The molecule has 1 aliphatic carbocycles. The first kappa shape index (κ1) is 6.97. The number of nitrogens with two attached hydrogens (primary N) is 1. The van der Waals surface area contributed by atoms with Gasteiger partial charge in [-0.1, -0.05) is 0 Å². The van der Waals surface area contributed by atoms with Crippen LogP contribution in [0, 0.1) is 0 Å². The third-order valence-corrected chi connectivity index (χ3v) is 2.41. The Hall–Kier alpha value is -0.710. The zero-order valence-electron chi connectivity index (χ0n) is 5.55. The second-order valence-electron chi connectivity index (χ2n) is 2.63. The molecule has 2 N–H and O–H groups in total. The van der Waals surface area contributed by atoms with Gasteiger partial charge in [-0.3, -0.25) is 0 Å². The molecule has 1 unspecified atom stereocenters. The fourth-order valence-corrected chi connectivity index (χ4v) is 1.61. The SMILES string of the molecule is Nc1nc(C2CC2(F)F)cs1. The van der Waals surface area contributed by atoms with Crippen LogP contribution in [0.4, 0.5) is 13.9 Å². The normalized spacial score (nSPS) is 26.9. The molecule has 0 radical (unpaired) electrons. The molecule has 1 aromatic rings. The van der Waals surface area contributed by atoms with Gasteiger partial charge in [0.2, 0.25) is 0 Å². The highest BCUT2D eigenvalue weighted by molar-refractivity contribution is 7.13. The van der Waals surface area contributed by atoms with E-state index in [1.807, 2.05) is 0 Å². The van der Waals surface area contributed by atoms with Crippen molar-refractivity contribution in [2.75, 3.05) is 5.73 Å². The van der Waals surface area contributed by atoms with Gasteiger partial charge in [0.25, 0.3) is 5.92 Å². The summed E-state index contributed by atoms with van der Waals surface area (Å²) in [6.45, 7) is 0. The maximum absolute atomic E-state index is 12.4. The van der Waals surface area contributed by atoms with Gasteiger partial charge in [-0.2, -0.15) is 0 Å². The first-order valence-corrected chi connectivity index (χ1v) is 4.06. The Morgan fingerprint density at radius 1 is 1.73 bits per heavy atom. The Balaban J connectivity index is 2.20. The summed E-state index contributed by atoms with van der Waals surface area (Å²) in [4.78, 5) is 3.78. The average Bonchev–Trinajstić information content (AvgIpc) is 2.39. The number of aromatic nitrogens is 1. The number of hydrogen-bond acceptors (Lipinski definition) is 3. The molecule has 1 fully saturated rings.